The molecule has 0 saturated heterocycles. The van der Waals surface area contributed by atoms with Gasteiger partial charge in [0.2, 0.25) is 0 Å². The monoisotopic (exact) mass is 450 g/mol. The molecule has 0 fully saturated rings. The van der Waals surface area contributed by atoms with E-state index in [2.05, 4.69) is 5.43 Å². The van der Waals surface area contributed by atoms with Crippen molar-refractivity contribution in [3.63, 3.8) is 0 Å². The summed E-state index contributed by atoms with van der Waals surface area (Å²) in [6, 6.07) is 21.0. The van der Waals surface area contributed by atoms with Crippen LogP contribution >= 0.6 is 0 Å². The highest BCUT2D eigenvalue weighted by Crippen LogP contribution is 2.33. The number of amides is 1. The zero-order valence-electron chi connectivity index (χ0n) is 19.5. The van der Waals surface area contributed by atoms with Crippen molar-refractivity contribution in [1.29, 1.82) is 0 Å². The molecular formula is C26H30N2O5. The number of nitrogens with zero attached hydrogens (tertiary/aromatic N) is 1. The van der Waals surface area contributed by atoms with Crippen molar-refractivity contribution >= 4 is 5.91 Å². The predicted octanol–water partition coefficient (Wildman–Crippen LogP) is 3.67. The Morgan fingerprint density at radius 1 is 0.788 bits per heavy atom. The van der Waals surface area contributed by atoms with Crippen LogP contribution in [0.5, 0.6) is 17.2 Å². The van der Waals surface area contributed by atoms with Gasteiger partial charge in [-0.25, -0.2) is 5.01 Å². The van der Waals surface area contributed by atoms with Crippen molar-refractivity contribution in [2.24, 2.45) is 0 Å². The SMILES string of the molecule is COc1ccc(C(C)N(C)NC(=O)C(O)(c2ccc(OC)cc2)c2ccc(OC)cc2)cc1. The third-order valence-corrected chi connectivity index (χ3v) is 5.80. The fraction of sp³-hybridized carbons (Fsp3) is 0.269. The number of carbonyl (C=O) groups is 1. The summed E-state index contributed by atoms with van der Waals surface area (Å²) in [7, 11) is 6.50. The average molecular weight is 451 g/mol. The summed E-state index contributed by atoms with van der Waals surface area (Å²) >= 11 is 0. The van der Waals surface area contributed by atoms with Crippen molar-refractivity contribution in [1.82, 2.24) is 10.4 Å². The number of hydrogen-bond acceptors (Lipinski definition) is 6. The van der Waals surface area contributed by atoms with Gasteiger partial charge in [-0.05, 0) is 60.0 Å². The highest BCUT2D eigenvalue weighted by Gasteiger charge is 2.41. The molecule has 0 aliphatic rings. The van der Waals surface area contributed by atoms with Gasteiger partial charge in [0.1, 0.15) is 17.2 Å². The third kappa shape index (κ3) is 5.10. The topological polar surface area (TPSA) is 80.3 Å². The molecule has 3 aromatic carbocycles. The van der Waals surface area contributed by atoms with Gasteiger partial charge in [-0.15, -0.1) is 0 Å². The van der Waals surface area contributed by atoms with Gasteiger partial charge in [0.15, 0.2) is 5.60 Å². The van der Waals surface area contributed by atoms with E-state index in [1.165, 1.54) is 0 Å². The molecule has 0 spiro atoms. The quantitative estimate of drug-likeness (QED) is 0.484. The minimum Gasteiger partial charge on any atom is -0.497 e. The van der Waals surface area contributed by atoms with Crippen LogP contribution in [0.2, 0.25) is 0 Å². The van der Waals surface area contributed by atoms with Gasteiger partial charge < -0.3 is 19.3 Å². The van der Waals surface area contributed by atoms with Crippen LogP contribution in [0.3, 0.4) is 0 Å². The summed E-state index contributed by atoms with van der Waals surface area (Å²) in [5, 5.41) is 13.5. The lowest BCUT2D eigenvalue weighted by atomic mass is 9.85. The minimum atomic E-state index is -1.94. The second-order valence-corrected chi connectivity index (χ2v) is 7.67. The molecule has 0 bridgehead atoms. The number of hydrazine groups is 1. The van der Waals surface area contributed by atoms with E-state index in [0.717, 1.165) is 11.3 Å². The van der Waals surface area contributed by atoms with E-state index >= 15 is 0 Å². The van der Waals surface area contributed by atoms with Gasteiger partial charge in [0.05, 0.1) is 27.4 Å². The van der Waals surface area contributed by atoms with Crippen molar-refractivity contribution in [3.05, 3.63) is 89.5 Å². The van der Waals surface area contributed by atoms with E-state index in [1.807, 2.05) is 31.2 Å². The largest absolute Gasteiger partial charge is 0.497 e. The molecule has 33 heavy (non-hydrogen) atoms. The fourth-order valence-electron chi connectivity index (χ4n) is 3.54. The second-order valence-electron chi connectivity index (χ2n) is 7.67. The summed E-state index contributed by atoms with van der Waals surface area (Å²) in [4.78, 5) is 13.5. The van der Waals surface area contributed by atoms with Crippen molar-refractivity contribution < 1.29 is 24.1 Å². The van der Waals surface area contributed by atoms with Crippen molar-refractivity contribution in [2.45, 2.75) is 18.6 Å². The zero-order valence-corrected chi connectivity index (χ0v) is 19.5. The maximum Gasteiger partial charge on any atom is 0.275 e. The Morgan fingerprint density at radius 2 is 1.15 bits per heavy atom. The molecule has 3 aromatic rings. The fourth-order valence-corrected chi connectivity index (χ4v) is 3.54. The van der Waals surface area contributed by atoms with Crippen LogP contribution in [-0.4, -0.2) is 44.4 Å². The van der Waals surface area contributed by atoms with Crippen LogP contribution in [0.4, 0.5) is 0 Å². The number of benzene rings is 3. The first-order valence-corrected chi connectivity index (χ1v) is 10.5. The molecule has 1 unspecified atom stereocenters. The Kier molecular flexibility index (Phi) is 7.58. The van der Waals surface area contributed by atoms with Gasteiger partial charge in [-0.1, -0.05) is 36.4 Å². The number of rotatable bonds is 9. The Labute approximate surface area is 194 Å². The van der Waals surface area contributed by atoms with Crippen molar-refractivity contribution in [2.75, 3.05) is 28.4 Å². The average Bonchev–Trinajstić information content (AvgIpc) is 2.87. The highest BCUT2D eigenvalue weighted by molar-refractivity contribution is 5.89. The van der Waals surface area contributed by atoms with E-state index in [1.54, 1.807) is 81.9 Å². The van der Waals surface area contributed by atoms with Crippen molar-refractivity contribution in [3.8, 4) is 17.2 Å². The van der Waals surface area contributed by atoms with E-state index < -0.39 is 11.5 Å². The molecule has 0 radical (unpaired) electrons. The molecule has 1 amide bonds. The number of ether oxygens (including phenoxy) is 3. The van der Waals surface area contributed by atoms with Gasteiger partial charge in [0.25, 0.3) is 5.91 Å². The predicted molar refractivity (Wildman–Crippen MR) is 126 cm³/mol. The van der Waals surface area contributed by atoms with Crippen LogP contribution in [-0.2, 0) is 10.4 Å². The van der Waals surface area contributed by atoms with E-state index in [0.29, 0.717) is 22.6 Å². The number of methoxy groups -OCH3 is 3. The molecule has 7 heteroatoms. The van der Waals surface area contributed by atoms with Crippen LogP contribution in [0.25, 0.3) is 0 Å². The van der Waals surface area contributed by atoms with E-state index in [9.17, 15) is 9.90 Å². The Balaban J connectivity index is 1.92. The second kappa shape index (κ2) is 10.4. The van der Waals surface area contributed by atoms with Gasteiger partial charge >= 0.3 is 0 Å². The first-order chi connectivity index (χ1) is 15.8. The summed E-state index contributed by atoms with van der Waals surface area (Å²) in [5.74, 6) is 1.43. The first-order valence-electron chi connectivity index (χ1n) is 10.5. The Bertz CT molecular complexity index is 1000. The molecule has 0 aliphatic carbocycles. The summed E-state index contributed by atoms with van der Waals surface area (Å²) < 4.78 is 15.7. The lowest BCUT2D eigenvalue weighted by molar-refractivity contribution is -0.142. The van der Waals surface area contributed by atoms with E-state index in [4.69, 9.17) is 14.2 Å². The van der Waals surface area contributed by atoms with Gasteiger partial charge in [-0.2, -0.15) is 0 Å². The maximum atomic E-state index is 13.5. The first kappa shape index (κ1) is 24.1. The summed E-state index contributed by atoms with van der Waals surface area (Å²) in [6.07, 6.45) is 0. The molecule has 3 rings (SSSR count). The molecule has 2 N–H and O–H groups in total. The number of aliphatic hydroxyl groups is 1. The van der Waals surface area contributed by atoms with Gasteiger partial charge in [-0.3, -0.25) is 10.2 Å². The lowest BCUT2D eigenvalue weighted by Crippen LogP contribution is -2.51. The number of nitrogens with one attached hydrogen (secondary N) is 1. The zero-order chi connectivity index (χ0) is 24.0. The van der Waals surface area contributed by atoms with Crippen LogP contribution in [0.1, 0.15) is 29.7 Å². The molecule has 0 saturated carbocycles. The van der Waals surface area contributed by atoms with Crippen LogP contribution < -0.4 is 19.6 Å². The third-order valence-electron chi connectivity index (χ3n) is 5.80. The Hall–Kier alpha value is -3.55. The molecule has 7 nitrogen and oxygen atoms in total. The Morgan fingerprint density at radius 3 is 1.52 bits per heavy atom. The summed E-state index contributed by atoms with van der Waals surface area (Å²) in [6.45, 7) is 1.96. The molecule has 0 aromatic heterocycles. The molecular weight excluding hydrogens is 420 g/mol. The van der Waals surface area contributed by atoms with Crippen LogP contribution in [0, 0.1) is 0 Å². The highest BCUT2D eigenvalue weighted by atomic mass is 16.5. The van der Waals surface area contributed by atoms with Gasteiger partial charge in [0, 0.05) is 7.05 Å². The smallest absolute Gasteiger partial charge is 0.275 e. The normalized spacial score (nSPS) is 12.2. The number of carbonyl (C=O) groups excluding carboxylic acids is 1. The van der Waals surface area contributed by atoms with Crippen LogP contribution in [0.15, 0.2) is 72.8 Å². The van der Waals surface area contributed by atoms with E-state index in [-0.39, 0.29) is 6.04 Å². The molecule has 1 atom stereocenters. The molecule has 174 valence electrons. The standard InChI is InChI=1S/C26H30N2O5/c1-18(19-6-12-22(31-3)13-7-19)28(2)27-25(29)26(30,20-8-14-23(32-4)15-9-20)21-10-16-24(33-5)17-11-21/h6-18,30H,1-5H3,(H,27,29). The maximum absolute atomic E-state index is 13.5. The molecule has 0 aliphatic heterocycles. The summed E-state index contributed by atoms with van der Waals surface area (Å²) in [5.41, 5.74) is 2.72. The molecule has 0 heterocycles. The number of hydrogen-bond donors (Lipinski definition) is 2. The minimum absolute atomic E-state index is 0.157. The lowest BCUT2D eigenvalue weighted by Gasteiger charge is -2.33.